The number of amides is 1. The van der Waals surface area contributed by atoms with Crippen LogP contribution in [0.5, 0.6) is 5.75 Å². The number of benzene rings is 2. The summed E-state index contributed by atoms with van der Waals surface area (Å²) in [4.78, 5) is 36.6. The van der Waals surface area contributed by atoms with Crippen LogP contribution >= 0.6 is 0 Å². The van der Waals surface area contributed by atoms with Crippen molar-refractivity contribution in [1.29, 1.82) is 5.41 Å². The molecule has 0 spiro atoms. The van der Waals surface area contributed by atoms with Gasteiger partial charge >= 0.3 is 5.97 Å². The quantitative estimate of drug-likeness (QED) is 0.121. The number of nitrogens with one attached hydrogen (secondary N) is 2. The van der Waals surface area contributed by atoms with Crippen LogP contribution in [0.25, 0.3) is 0 Å². The van der Waals surface area contributed by atoms with Crippen molar-refractivity contribution in [2.24, 2.45) is 5.73 Å². The summed E-state index contributed by atoms with van der Waals surface area (Å²) in [6, 6.07) is 10.7. The Hall–Kier alpha value is -3.76. The minimum absolute atomic E-state index is 0.126. The fraction of sp³-hybridized carbons (Fsp3) is 0.273. The summed E-state index contributed by atoms with van der Waals surface area (Å²) >= 11 is 0. The van der Waals surface area contributed by atoms with Gasteiger partial charge in [-0.1, -0.05) is 12.1 Å². The Labute approximate surface area is 184 Å². The summed E-state index contributed by atoms with van der Waals surface area (Å²) in [6.07, 6.45) is 0. The van der Waals surface area contributed by atoms with Crippen molar-refractivity contribution in [2.75, 3.05) is 33.5 Å². The van der Waals surface area contributed by atoms with E-state index in [-0.39, 0.29) is 36.8 Å². The summed E-state index contributed by atoms with van der Waals surface area (Å²) in [6.45, 7) is -0.480. The number of carbonyl (C=O) groups excluding carboxylic acids is 3. The number of nitrogen functional groups attached to an aromatic ring is 1. The summed E-state index contributed by atoms with van der Waals surface area (Å²) in [7, 11) is 1.49. The van der Waals surface area contributed by atoms with Crippen LogP contribution in [0.15, 0.2) is 48.5 Å². The number of hydrogen-bond acceptors (Lipinski definition) is 8. The minimum atomic E-state index is -1.16. The molecule has 2 aromatic carbocycles. The van der Waals surface area contributed by atoms with E-state index in [4.69, 9.17) is 25.4 Å². The normalized spacial score (nSPS) is 11.3. The molecule has 0 radical (unpaired) electrons. The average molecular weight is 443 g/mol. The Morgan fingerprint density at radius 3 is 2.16 bits per heavy atom. The third kappa shape index (κ3) is 7.18. The molecule has 0 saturated heterocycles. The van der Waals surface area contributed by atoms with Gasteiger partial charge in [-0.05, 0) is 36.4 Å². The highest BCUT2D eigenvalue weighted by atomic mass is 16.6. The van der Waals surface area contributed by atoms with Crippen LogP contribution in [0, 0.1) is 5.41 Å². The maximum atomic E-state index is 12.7. The predicted octanol–water partition coefficient (Wildman–Crippen LogP) is 0.513. The highest BCUT2D eigenvalue weighted by Crippen LogP contribution is 2.14. The van der Waals surface area contributed by atoms with Gasteiger partial charge in [-0.2, -0.15) is 0 Å². The number of ketones is 1. The molecular formula is C22H25N3O7. The van der Waals surface area contributed by atoms with Crippen molar-refractivity contribution in [1.82, 2.24) is 5.32 Å². The van der Waals surface area contributed by atoms with Crippen LogP contribution in [0.3, 0.4) is 0 Å². The molecule has 0 bridgehead atoms. The van der Waals surface area contributed by atoms with E-state index < -0.39 is 30.3 Å². The summed E-state index contributed by atoms with van der Waals surface area (Å²) < 4.78 is 15.0. The van der Waals surface area contributed by atoms with Gasteiger partial charge in [0.05, 0.1) is 13.2 Å². The topological polar surface area (TPSA) is 161 Å². The van der Waals surface area contributed by atoms with E-state index in [1.54, 1.807) is 0 Å². The molecule has 0 saturated carbocycles. The number of aliphatic hydroxyl groups is 1. The molecule has 170 valence electrons. The van der Waals surface area contributed by atoms with Crippen LogP contribution < -0.4 is 15.8 Å². The molecule has 0 aromatic heterocycles. The number of amidine groups is 1. The molecular weight excluding hydrogens is 418 g/mol. The van der Waals surface area contributed by atoms with E-state index in [9.17, 15) is 19.5 Å². The summed E-state index contributed by atoms with van der Waals surface area (Å²) in [5, 5.41) is 19.4. The molecule has 0 fully saturated rings. The number of methoxy groups -OCH3 is 1. The average Bonchev–Trinajstić information content (AvgIpc) is 2.81. The molecule has 0 aliphatic carbocycles. The Morgan fingerprint density at radius 1 is 1.00 bits per heavy atom. The van der Waals surface area contributed by atoms with E-state index in [1.807, 2.05) is 0 Å². The van der Waals surface area contributed by atoms with Crippen molar-refractivity contribution >= 4 is 23.5 Å². The number of esters is 1. The monoisotopic (exact) mass is 443 g/mol. The van der Waals surface area contributed by atoms with Gasteiger partial charge in [0.15, 0.2) is 12.4 Å². The fourth-order valence-electron chi connectivity index (χ4n) is 2.58. The zero-order valence-electron chi connectivity index (χ0n) is 17.5. The molecule has 10 heteroatoms. The SMILES string of the molecule is COCCOC(=O)COc1ccc(C(=O)[C@H](CO)NC(=O)c2ccc(C(=N)N)cc2)cc1. The third-order valence-electron chi connectivity index (χ3n) is 4.31. The van der Waals surface area contributed by atoms with Gasteiger partial charge in [0, 0.05) is 23.8 Å². The molecule has 32 heavy (non-hydrogen) atoms. The lowest BCUT2D eigenvalue weighted by Gasteiger charge is -2.16. The first-order valence-corrected chi connectivity index (χ1v) is 9.63. The second-order valence-corrected chi connectivity index (χ2v) is 6.59. The highest BCUT2D eigenvalue weighted by molar-refractivity contribution is 6.04. The molecule has 0 unspecified atom stereocenters. The molecule has 2 rings (SSSR count). The van der Waals surface area contributed by atoms with Crippen molar-refractivity contribution < 1.29 is 33.7 Å². The smallest absolute Gasteiger partial charge is 0.344 e. The van der Waals surface area contributed by atoms with Gasteiger partial charge in [0.25, 0.3) is 5.91 Å². The van der Waals surface area contributed by atoms with E-state index in [2.05, 4.69) is 5.32 Å². The number of nitrogens with two attached hydrogens (primary N) is 1. The van der Waals surface area contributed by atoms with Crippen LogP contribution in [0.4, 0.5) is 0 Å². The minimum Gasteiger partial charge on any atom is -0.482 e. The van der Waals surface area contributed by atoms with Gasteiger partial charge in [0.1, 0.15) is 24.2 Å². The number of Topliss-reactive ketones (excluding diaryl/α,β-unsaturated/α-hetero) is 1. The fourth-order valence-corrected chi connectivity index (χ4v) is 2.58. The van der Waals surface area contributed by atoms with Gasteiger partial charge in [0.2, 0.25) is 0 Å². The van der Waals surface area contributed by atoms with Gasteiger partial charge in [-0.25, -0.2) is 4.79 Å². The first kappa shape index (κ1) is 24.5. The van der Waals surface area contributed by atoms with E-state index in [1.165, 1.54) is 55.6 Å². The Morgan fingerprint density at radius 2 is 1.59 bits per heavy atom. The third-order valence-corrected chi connectivity index (χ3v) is 4.31. The van der Waals surface area contributed by atoms with E-state index >= 15 is 0 Å². The summed E-state index contributed by atoms with van der Waals surface area (Å²) in [5.41, 5.74) is 6.34. The first-order valence-electron chi connectivity index (χ1n) is 9.63. The number of rotatable bonds is 12. The molecule has 2 aromatic rings. The zero-order chi connectivity index (χ0) is 23.5. The Bertz CT molecular complexity index is 943. The molecule has 10 nitrogen and oxygen atoms in total. The number of carbonyl (C=O) groups is 3. The number of ether oxygens (including phenoxy) is 3. The van der Waals surface area contributed by atoms with Crippen molar-refractivity contribution in [3.8, 4) is 5.75 Å². The Balaban J connectivity index is 1.94. The van der Waals surface area contributed by atoms with E-state index in [0.717, 1.165) is 0 Å². The second kappa shape index (κ2) is 12.2. The van der Waals surface area contributed by atoms with Crippen LogP contribution in [-0.2, 0) is 14.3 Å². The van der Waals surface area contributed by atoms with Gasteiger partial charge in [-0.15, -0.1) is 0 Å². The molecule has 0 heterocycles. The number of hydrogen-bond donors (Lipinski definition) is 4. The lowest BCUT2D eigenvalue weighted by atomic mass is 10.0. The van der Waals surface area contributed by atoms with Crippen LogP contribution in [0.1, 0.15) is 26.3 Å². The van der Waals surface area contributed by atoms with Crippen molar-refractivity contribution in [2.45, 2.75) is 6.04 Å². The largest absolute Gasteiger partial charge is 0.482 e. The lowest BCUT2D eigenvalue weighted by Crippen LogP contribution is -2.43. The zero-order valence-corrected chi connectivity index (χ0v) is 17.5. The van der Waals surface area contributed by atoms with E-state index in [0.29, 0.717) is 11.3 Å². The summed E-state index contributed by atoms with van der Waals surface area (Å²) in [5.74, 6) is -1.39. The maximum Gasteiger partial charge on any atom is 0.344 e. The molecule has 5 N–H and O–H groups in total. The van der Waals surface area contributed by atoms with Crippen molar-refractivity contribution in [3.63, 3.8) is 0 Å². The first-order chi connectivity index (χ1) is 15.3. The maximum absolute atomic E-state index is 12.7. The molecule has 1 amide bonds. The van der Waals surface area contributed by atoms with Crippen LogP contribution in [0.2, 0.25) is 0 Å². The van der Waals surface area contributed by atoms with Crippen molar-refractivity contribution in [3.05, 3.63) is 65.2 Å². The molecule has 0 aliphatic heterocycles. The number of aliphatic hydroxyl groups excluding tert-OH is 1. The van der Waals surface area contributed by atoms with Crippen LogP contribution in [-0.4, -0.2) is 68.2 Å². The predicted molar refractivity (Wildman–Crippen MR) is 115 cm³/mol. The Kier molecular flexibility index (Phi) is 9.33. The lowest BCUT2D eigenvalue weighted by molar-refractivity contribution is -0.147. The van der Waals surface area contributed by atoms with Gasteiger partial charge in [-0.3, -0.25) is 15.0 Å². The molecule has 1 atom stereocenters. The van der Waals surface area contributed by atoms with Gasteiger partial charge < -0.3 is 30.4 Å². The second-order valence-electron chi connectivity index (χ2n) is 6.59. The standard InChI is InChI=1S/C22H25N3O7/c1-30-10-11-31-19(27)13-32-17-8-6-14(7-9-17)20(28)18(12-26)25-22(29)16-4-2-15(3-5-16)21(23)24/h2-9,18,26H,10-13H2,1H3,(H3,23,24)(H,25,29)/t18-/m0/s1. The highest BCUT2D eigenvalue weighted by Gasteiger charge is 2.22. The molecule has 0 aliphatic rings.